The molecule has 1 unspecified atom stereocenters. The molecule has 1 N–H and O–H groups in total. The Hall–Kier alpha value is -2.08. The maximum Gasteiger partial charge on any atom is 0.226 e. The average molecular weight is 400 g/mol. The van der Waals surface area contributed by atoms with Gasteiger partial charge in [-0.1, -0.05) is 12.1 Å². The van der Waals surface area contributed by atoms with Gasteiger partial charge in [-0.25, -0.2) is 0 Å². The second-order valence-corrected chi connectivity index (χ2v) is 8.83. The van der Waals surface area contributed by atoms with Crippen molar-refractivity contribution >= 4 is 11.8 Å². The lowest BCUT2D eigenvalue weighted by molar-refractivity contribution is -0.136. The van der Waals surface area contributed by atoms with Gasteiger partial charge in [0.15, 0.2) is 0 Å². The van der Waals surface area contributed by atoms with Crippen LogP contribution in [0, 0.1) is 5.92 Å². The molecule has 1 aromatic carbocycles. The van der Waals surface area contributed by atoms with Gasteiger partial charge in [0.05, 0.1) is 12.3 Å². The molecule has 1 aromatic rings. The fourth-order valence-electron chi connectivity index (χ4n) is 5.17. The highest BCUT2D eigenvalue weighted by Crippen LogP contribution is 2.26. The third-order valence-electron chi connectivity index (χ3n) is 6.82. The predicted octanol–water partition coefficient (Wildman–Crippen LogP) is 2.26. The maximum absolute atomic E-state index is 12.8. The minimum absolute atomic E-state index is 0.134. The van der Waals surface area contributed by atoms with Crippen molar-refractivity contribution in [2.45, 2.75) is 51.0 Å². The number of carbonyl (C=O) groups is 2. The van der Waals surface area contributed by atoms with Gasteiger partial charge < -0.3 is 14.9 Å². The molecule has 0 aromatic heterocycles. The van der Waals surface area contributed by atoms with E-state index < -0.39 is 0 Å². The molecule has 4 rings (SSSR count). The van der Waals surface area contributed by atoms with Crippen molar-refractivity contribution in [3.8, 4) is 5.75 Å². The van der Waals surface area contributed by atoms with Crippen molar-refractivity contribution in [2.24, 2.45) is 5.92 Å². The number of rotatable bonds is 4. The van der Waals surface area contributed by atoms with Gasteiger partial charge in [0.25, 0.3) is 0 Å². The minimum atomic E-state index is 0.134. The molecule has 3 aliphatic heterocycles. The topological polar surface area (TPSA) is 64.1 Å². The number of piperidine rings is 2. The highest BCUT2D eigenvalue weighted by Gasteiger charge is 2.34. The summed E-state index contributed by atoms with van der Waals surface area (Å²) < 4.78 is 0. The van der Waals surface area contributed by atoms with Crippen LogP contribution in [0.2, 0.25) is 0 Å². The van der Waals surface area contributed by atoms with E-state index in [4.69, 9.17) is 0 Å². The number of hydrogen-bond donors (Lipinski definition) is 1. The molecule has 29 heavy (non-hydrogen) atoms. The summed E-state index contributed by atoms with van der Waals surface area (Å²) >= 11 is 0. The molecule has 6 nitrogen and oxygen atoms in total. The molecule has 2 amide bonds. The zero-order chi connectivity index (χ0) is 20.2. The van der Waals surface area contributed by atoms with E-state index >= 15 is 0 Å². The summed E-state index contributed by atoms with van der Waals surface area (Å²) in [6, 6.07) is 7.43. The largest absolute Gasteiger partial charge is 0.508 e. The molecule has 0 aliphatic carbocycles. The zero-order valence-electron chi connectivity index (χ0n) is 17.3. The molecule has 0 radical (unpaired) electrons. The summed E-state index contributed by atoms with van der Waals surface area (Å²) in [4.78, 5) is 32.0. The van der Waals surface area contributed by atoms with E-state index in [1.54, 1.807) is 18.2 Å². The summed E-state index contributed by atoms with van der Waals surface area (Å²) in [7, 11) is 0. The Kier molecular flexibility index (Phi) is 6.38. The second-order valence-electron chi connectivity index (χ2n) is 8.83. The molecule has 3 saturated heterocycles. The van der Waals surface area contributed by atoms with Gasteiger partial charge in [0, 0.05) is 38.8 Å². The van der Waals surface area contributed by atoms with Crippen LogP contribution >= 0.6 is 0 Å². The average Bonchev–Trinajstić information content (AvgIpc) is 3.28. The monoisotopic (exact) mass is 399 g/mol. The smallest absolute Gasteiger partial charge is 0.226 e. The van der Waals surface area contributed by atoms with Crippen molar-refractivity contribution in [1.82, 2.24) is 14.7 Å². The first-order valence-corrected chi connectivity index (χ1v) is 11.2. The molecule has 1 atom stereocenters. The van der Waals surface area contributed by atoms with Crippen molar-refractivity contribution < 1.29 is 14.7 Å². The third-order valence-corrected chi connectivity index (χ3v) is 6.82. The van der Waals surface area contributed by atoms with Crippen LogP contribution in [-0.2, 0) is 16.0 Å². The Bertz CT molecular complexity index is 724. The highest BCUT2D eigenvalue weighted by molar-refractivity contribution is 5.79. The van der Waals surface area contributed by atoms with Crippen molar-refractivity contribution in [3.05, 3.63) is 29.8 Å². The van der Waals surface area contributed by atoms with Gasteiger partial charge >= 0.3 is 0 Å². The van der Waals surface area contributed by atoms with Gasteiger partial charge in [0.1, 0.15) is 5.75 Å². The molecular formula is C23H33N3O3. The Morgan fingerprint density at radius 1 is 0.931 bits per heavy atom. The number of phenols is 1. The summed E-state index contributed by atoms with van der Waals surface area (Å²) in [5.41, 5.74) is 0.858. The zero-order valence-corrected chi connectivity index (χ0v) is 17.3. The first-order valence-electron chi connectivity index (χ1n) is 11.2. The first-order chi connectivity index (χ1) is 14.1. The number of nitrogens with zero attached hydrogens (tertiary/aromatic N) is 3. The van der Waals surface area contributed by atoms with Crippen LogP contribution in [0.5, 0.6) is 5.75 Å². The highest BCUT2D eigenvalue weighted by atomic mass is 16.3. The van der Waals surface area contributed by atoms with Crippen molar-refractivity contribution in [2.75, 3.05) is 39.3 Å². The normalized spacial score (nSPS) is 24.1. The van der Waals surface area contributed by atoms with Gasteiger partial charge in [-0.3, -0.25) is 14.5 Å². The lowest BCUT2D eigenvalue weighted by Gasteiger charge is -2.42. The van der Waals surface area contributed by atoms with Crippen LogP contribution < -0.4 is 0 Å². The van der Waals surface area contributed by atoms with E-state index in [9.17, 15) is 14.7 Å². The van der Waals surface area contributed by atoms with E-state index in [2.05, 4.69) is 9.80 Å². The third kappa shape index (κ3) is 4.92. The molecular weight excluding hydrogens is 366 g/mol. The van der Waals surface area contributed by atoms with E-state index in [0.29, 0.717) is 18.4 Å². The standard InChI is InChI=1S/C23H33N3O3/c27-21-7-3-5-18(15-21)16-22(28)24-13-8-20(9-14-24)26-12-4-6-19(17-26)23(29)25-10-1-2-11-25/h3,5,7,15,19-20,27H,1-2,4,6,8-14,16-17H2. The fraction of sp³-hybridized carbons (Fsp3) is 0.652. The van der Waals surface area contributed by atoms with Crippen LogP contribution in [0.15, 0.2) is 24.3 Å². The first kappa shape index (κ1) is 20.2. The lowest BCUT2D eigenvalue weighted by atomic mass is 9.92. The van der Waals surface area contributed by atoms with Crippen LogP contribution in [-0.4, -0.2) is 76.9 Å². The van der Waals surface area contributed by atoms with Gasteiger partial charge in [-0.05, 0) is 62.8 Å². The molecule has 158 valence electrons. The molecule has 0 saturated carbocycles. The van der Waals surface area contributed by atoms with E-state index in [0.717, 1.165) is 83.4 Å². The molecule has 0 spiro atoms. The van der Waals surface area contributed by atoms with Gasteiger partial charge in [-0.2, -0.15) is 0 Å². The predicted molar refractivity (Wildman–Crippen MR) is 112 cm³/mol. The number of aromatic hydroxyl groups is 1. The molecule has 0 bridgehead atoms. The molecule has 6 heteroatoms. The van der Waals surface area contributed by atoms with E-state index in [-0.39, 0.29) is 17.6 Å². The number of amides is 2. The van der Waals surface area contributed by atoms with Crippen molar-refractivity contribution in [1.29, 1.82) is 0 Å². The number of likely N-dealkylation sites (tertiary alicyclic amines) is 3. The quantitative estimate of drug-likeness (QED) is 0.844. The van der Waals surface area contributed by atoms with Crippen LogP contribution in [0.3, 0.4) is 0 Å². The van der Waals surface area contributed by atoms with Crippen LogP contribution in [0.1, 0.15) is 44.1 Å². The number of phenolic OH excluding ortho intramolecular Hbond substituents is 1. The Morgan fingerprint density at radius 2 is 1.69 bits per heavy atom. The Balaban J connectivity index is 1.26. The second kappa shape index (κ2) is 9.16. The SMILES string of the molecule is O=C(Cc1cccc(O)c1)N1CCC(N2CCCC(C(=O)N3CCCC3)C2)CC1. The van der Waals surface area contributed by atoms with Crippen LogP contribution in [0.25, 0.3) is 0 Å². The molecule has 3 fully saturated rings. The minimum Gasteiger partial charge on any atom is -0.508 e. The van der Waals surface area contributed by atoms with Gasteiger partial charge in [-0.15, -0.1) is 0 Å². The summed E-state index contributed by atoms with van der Waals surface area (Å²) in [6.07, 6.45) is 6.73. The fourth-order valence-corrected chi connectivity index (χ4v) is 5.17. The van der Waals surface area contributed by atoms with E-state index in [1.807, 2.05) is 11.0 Å². The summed E-state index contributed by atoms with van der Waals surface area (Å²) in [5.74, 6) is 0.866. The Morgan fingerprint density at radius 3 is 2.41 bits per heavy atom. The molecule has 3 heterocycles. The van der Waals surface area contributed by atoms with E-state index in [1.165, 1.54) is 0 Å². The number of hydrogen-bond acceptors (Lipinski definition) is 4. The summed E-state index contributed by atoms with van der Waals surface area (Å²) in [6.45, 7) is 5.40. The van der Waals surface area contributed by atoms with Gasteiger partial charge in [0.2, 0.25) is 11.8 Å². The summed E-state index contributed by atoms with van der Waals surface area (Å²) in [5, 5.41) is 9.59. The number of benzene rings is 1. The van der Waals surface area contributed by atoms with Crippen LogP contribution in [0.4, 0.5) is 0 Å². The van der Waals surface area contributed by atoms with Crippen molar-refractivity contribution in [3.63, 3.8) is 0 Å². The number of carbonyl (C=O) groups excluding carboxylic acids is 2. The molecule has 3 aliphatic rings. The lowest BCUT2D eigenvalue weighted by Crippen LogP contribution is -2.52. The maximum atomic E-state index is 12.8. The Labute approximate surface area is 173 Å².